The Hall–Kier alpha value is -5.16. The minimum Gasteiger partial charge on any atom is -0.456 e. The zero-order valence-electron chi connectivity index (χ0n) is 23.8. The summed E-state index contributed by atoms with van der Waals surface area (Å²) in [6.45, 7) is 0. The van der Waals surface area contributed by atoms with Gasteiger partial charge in [-0.25, -0.2) is 0 Å². The van der Waals surface area contributed by atoms with Gasteiger partial charge in [-0.3, -0.25) is 5.32 Å². The predicted octanol–water partition coefficient (Wildman–Crippen LogP) is 10.6. The van der Waals surface area contributed by atoms with Gasteiger partial charge in [-0.05, 0) is 46.5 Å². The van der Waals surface area contributed by atoms with Gasteiger partial charge in [0.15, 0.2) is 0 Å². The first-order chi connectivity index (χ1) is 21.8. The highest BCUT2D eigenvalue weighted by atomic mass is 32.1. The minimum absolute atomic E-state index is 0.0144. The second-order valence-corrected chi connectivity index (χ2v) is 12.5. The van der Waals surface area contributed by atoms with Crippen LogP contribution in [-0.4, -0.2) is 0 Å². The van der Waals surface area contributed by atoms with Gasteiger partial charge >= 0.3 is 0 Å². The van der Waals surface area contributed by atoms with Gasteiger partial charge < -0.3 is 9.73 Å². The molecule has 1 aliphatic rings. The highest BCUT2D eigenvalue weighted by molar-refractivity contribution is 7.26. The monoisotopic (exact) mass is 584 g/mol. The molecule has 210 valence electrons. The van der Waals surface area contributed by atoms with Gasteiger partial charge in [0.25, 0.3) is 0 Å². The van der Waals surface area contributed by atoms with Crippen molar-refractivity contribution in [2.75, 3.05) is 0 Å². The van der Waals surface area contributed by atoms with Crippen molar-refractivity contribution in [2.24, 2.45) is 0 Å². The zero-order chi connectivity index (χ0) is 29.0. The van der Waals surface area contributed by atoms with Crippen LogP contribution in [0.4, 0.5) is 0 Å². The first kappa shape index (κ1) is 25.3. The summed E-state index contributed by atoms with van der Waals surface area (Å²) in [6.07, 6.45) is 2.12. The normalized spacial score (nSPS) is 16.9. The molecule has 1 aliphatic heterocycles. The topological polar surface area (TPSA) is 37.2 Å². The first-order valence-electron chi connectivity index (χ1n) is 15.0. The van der Waals surface area contributed by atoms with Gasteiger partial charge in [-0.2, -0.15) is 0 Å². The highest BCUT2D eigenvalue weighted by Gasteiger charge is 2.28. The van der Waals surface area contributed by atoms with E-state index in [1.54, 1.807) is 0 Å². The first-order valence-corrected chi connectivity index (χ1v) is 15.8. The molecule has 6 aromatic carbocycles. The van der Waals surface area contributed by atoms with Crippen LogP contribution in [0.2, 0.25) is 0 Å². The summed E-state index contributed by atoms with van der Waals surface area (Å²) in [5.74, 6) is 0. The van der Waals surface area contributed by atoms with E-state index in [1.165, 1.54) is 42.2 Å². The van der Waals surface area contributed by atoms with Crippen molar-refractivity contribution in [1.82, 2.24) is 10.6 Å². The molecule has 3 heterocycles. The van der Waals surface area contributed by atoms with E-state index in [9.17, 15) is 0 Å². The number of thiophene rings is 1. The van der Waals surface area contributed by atoms with Gasteiger partial charge in [-0.15, -0.1) is 11.3 Å². The summed E-state index contributed by atoms with van der Waals surface area (Å²) in [4.78, 5) is 0. The third kappa shape index (κ3) is 4.15. The molecule has 8 aromatic rings. The molecule has 44 heavy (non-hydrogen) atoms. The van der Waals surface area contributed by atoms with Crippen LogP contribution < -0.4 is 10.6 Å². The molecule has 0 amide bonds. The molecule has 4 heteroatoms. The molecular formula is C40H28N2OS. The Balaban J connectivity index is 1.23. The molecule has 0 radical (unpaired) electrons. The molecule has 2 atom stereocenters. The lowest BCUT2D eigenvalue weighted by molar-refractivity contribution is 0.441. The molecule has 0 spiro atoms. The Morgan fingerprint density at radius 1 is 0.591 bits per heavy atom. The second-order valence-electron chi connectivity index (χ2n) is 11.4. The number of rotatable bonds is 4. The van der Waals surface area contributed by atoms with Crippen molar-refractivity contribution in [2.45, 2.75) is 12.2 Å². The van der Waals surface area contributed by atoms with Crippen LogP contribution in [0.15, 0.2) is 150 Å². The molecule has 9 rings (SSSR count). The van der Waals surface area contributed by atoms with Crippen LogP contribution in [-0.2, 0) is 0 Å². The summed E-state index contributed by atoms with van der Waals surface area (Å²) in [7, 11) is 0. The van der Waals surface area contributed by atoms with E-state index >= 15 is 0 Å². The number of furan rings is 1. The van der Waals surface area contributed by atoms with Crippen LogP contribution in [0.1, 0.15) is 28.9 Å². The van der Waals surface area contributed by atoms with Crippen molar-refractivity contribution in [3.05, 3.63) is 162 Å². The Bertz CT molecular complexity index is 2330. The molecule has 0 saturated carbocycles. The van der Waals surface area contributed by atoms with Gasteiger partial charge in [0.1, 0.15) is 17.3 Å². The van der Waals surface area contributed by atoms with Gasteiger partial charge in [0, 0.05) is 42.2 Å². The SMILES string of the molecule is C1=C(c2ccc(-c3ccccc3)cc2)NC(c2cc3c4ccccc4sc3c3c2oc2ccccc23)NC1c1ccccc1. The number of hydrogen-bond donors (Lipinski definition) is 2. The predicted molar refractivity (Wildman–Crippen MR) is 185 cm³/mol. The van der Waals surface area contributed by atoms with Crippen LogP contribution >= 0.6 is 11.3 Å². The van der Waals surface area contributed by atoms with E-state index in [4.69, 9.17) is 4.42 Å². The Labute approximate surface area is 259 Å². The molecule has 0 fully saturated rings. The van der Waals surface area contributed by atoms with E-state index < -0.39 is 0 Å². The molecule has 2 unspecified atom stereocenters. The minimum atomic E-state index is -0.180. The highest BCUT2D eigenvalue weighted by Crippen LogP contribution is 2.45. The van der Waals surface area contributed by atoms with Crippen molar-refractivity contribution in [3.63, 3.8) is 0 Å². The quantitative estimate of drug-likeness (QED) is 0.216. The molecule has 3 nitrogen and oxygen atoms in total. The third-order valence-electron chi connectivity index (χ3n) is 8.77. The zero-order valence-corrected chi connectivity index (χ0v) is 24.6. The van der Waals surface area contributed by atoms with Crippen molar-refractivity contribution in [1.29, 1.82) is 0 Å². The van der Waals surface area contributed by atoms with Crippen LogP contribution in [0, 0.1) is 0 Å². The number of para-hydroxylation sites is 1. The fraction of sp³-hybridized carbons (Fsp3) is 0.0500. The molecule has 2 aromatic heterocycles. The smallest absolute Gasteiger partial charge is 0.143 e. The van der Waals surface area contributed by atoms with Gasteiger partial charge in [-0.1, -0.05) is 121 Å². The Morgan fingerprint density at radius 2 is 1.25 bits per heavy atom. The lowest BCUT2D eigenvalue weighted by Crippen LogP contribution is -2.39. The number of fused-ring (bicyclic) bond motifs is 7. The second kappa shape index (κ2) is 10.2. The summed E-state index contributed by atoms with van der Waals surface area (Å²) in [5, 5.41) is 12.7. The molecule has 0 bridgehead atoms. The van der Waals surface area contributed by atoms with E-state index in [0.717, 1.165) is 33.4 Å². The maximum atomic E-state index is 6.69. The fourth-order valence-electron chi connectivity index (χ4n) is 6.62. The van der Waals surface area contributed by atoms with E-state index in [-0.39, 0.29) is 12.2 Å². The van der Waals surface area contributed by atoms with Gasteiger partial charge in [0.05, 0.1) is 6.04 Å². The number of nitrogens with one attached hydrogen (secondary N) is 2. The number of benzene rings is 6. The third-order valence-corrected chi connectivity index (χ3v) is 9.97. The van der Waals surface area contributed by atoms with E-state index in [1.807, 2.05) is 11.3 Å². The van der Waals surface area contributed by atoms with Crippen LogP contribution in [0.25, 0.3) is 58.9 Å². The maximum Gasteiger partial charge on any atom is 0.143 e. The van der Waals surface area contributed by atoms with E-state index in [0.29, 0.717) is 0 Å². The lowest BCUT2D eigenvalue weighted by atomic mass is 9.96. The maximum absolute atomic E-state index is 6.69. The fourth-order valence-corrected chi connectivity index (χ4v) is 7.85. The average molecular weight is 585 g/mol. The molecule has 0 saturated heterocycles. The standard InChI is InChI=1S/C40H28N2OS/c1-3-11-25(12-4-1)26-19-21-28(22-20-26)34-24-33(27-13-5-2-6-14-27)41-40(42-34)32-23-31-29-15-8-10-18-36(29)44-39(31)37-30-16-7-9-17-35(30)43-38(32)37/h1-24,33,40-42H. The summed E-state index contributed by atoms with van der Waals surface area (Å²) in [5.41, 5.74) is 8.86. The van der Waals surface area contributed by atoms with Crippen molar-refractivity contribution < 1.29 is 4.42 Å². The van der Waals surface area contributed by atoms with Crippen LogP contribution in [0.3, 0.4) is 0 Å². The van der Waals surface area contributed by atoms with Crippen LogP contribution in [0.5, 0.6) is 0 Å². The summed E-state index contributed by atoms with van der Waals surface area (Å²) in [6, 6.07) is 49.6. The van der Waals surface area contributed by atoms with E-state index in [2.05, 4.69) is 156 Å². The van der Waals surface area contributed by atoms with Crippen molar-refractivity contribution >= 4 is 59.1 Å². The summed E-state index contributed by atoms with van der Waals surface area (Å²) < 4.78 is 9.26. The molecular weight excluding hydrogens is 557 g/mol. The average Bonchev–Trinajstić information content (AvgIpc) is 3.67. The largest absolute Gasteiger partial charge is 0.456 e. The molecule has 0 aliphatic carbocycles. The van der Waals surface area contributed by atoms with Crippen molar-refractivity contribution in [3.8, 4) is 11.1 Å². The van der Waals surface area contributed by atoms with Gasteiger partial charge in [0.2, 0.25) is 0 Å². The molecule has 2 N–H and O–H groups in total. The lowest BCUT2D eigenvalue weighted by Gasteiger charge is -2.33. The Kier molecular flexibility index (Phi) is 5.90. The summed E-state index contributed by atoms with van der Waals surface area (Å²) >= 11 is 1.85. The Morgan fingerprint density at radius 3 is 2.07 bits per heavy atom. The number of hydrogen-bond acceptors (Lipinski definition) is 4.